The topological polar surface area (TPSA) is 29.3 Å². The lowest BCUT2D eigenvalue weighted by atomic mass is 9.87. The van der Waals surface area contributed by atoms with Crippen molar-refractivity contribution in [1.29, 1.82) is 0 Å². The van der Waals surface area contributed by atoms with Gasteiger partial charge in [0, 0.05) is 6.54 Å². The molecule has 2 heteroatoms. The van der Waals surface area contributed by atoms with Crippen molar-refractivity contribution < 1.29 is 0 Å². The molecular formula is C9H20N2. The second kappa shape index (κ2) is 4.07. The van der Waals surface area contributed by atoms with Gasteiger partial charge in [0.2, 0.25) is 0 Å². The number of hydrogen-bond acceptors (Lipinski definition) is 2. The second-order valence-corrected chi connectivity index (χ2v) is 3.88. The van der Waals surface area contributed by atoms with Crippen molar-refractivity contribution in [2.24, 2.45) is 17.6 Å². The van der Waals surface area contributed by atoms with Gasteiger partial charge in [0.25, 0.3) is 0 Å². The van der Waals surface area contributed by atoms with E-state index in [2.05, 4.69) is 18.9 Å². The molecule has 0 spiro atoms. The Morgan fingerprint density at radius 2 is 2.36 bits per heavy atom. The minimum Gasteiger partial charge on any atom is -0.330 e. The molecule has 1 rings (SSSR count). The van der Waals surface area contributed by atoms with Gasteiger partial charge >= 0.3 is 0 Å². The first-order valence-electron chi connectivity index (χ1n) is 4.62. The lowest BCUT2D eigenvalue weighted by Gasteiger charge is -2.32. The summed E-state index contributed by atoms with van der Waals surface area (Å²) in [5.41, 5.74) is 5.63. The molecule has 2 unspecified atom stereocenters. The third kappa shape index (κ3) is 2.46. The van der Waals surface area contributed by atoms with E-state index in [4.69, 9.17) is 5.73 Å². The van der Waals surface area contributed by atoms with Crippen LogP contribution in [0.3, 0.4) is 0 Å². The van der Waals surface area contributed by atoms with Crippen molar-refractivity contribution in [3.63, 3.8) is 0 Å². The fourth-order valence-electron chi connectivity index (χ4n) is 1.86. The van der Waals surface area contributed by atoms with Crippen LogP contribution >= 0.6 is 0 Å². The van der Waals surface area contributed by atoms with E-state index in [0.717, 1.165) is 12.5 Å². The fraction of sp³-hybridized carbons (Fsp3) is 1.00. The summed E-state index contributed by atoms with van der Waals surface area (Å²) in [5, 5.41) is 0. The van der Waals surface area contributed by atoms with Crippen molar-refractivity contribution in [2.45, 2.75) is 19.8 Å². The predicted molar refractivity (Wildman–Crippen MR) is 48.4 cm³/mol. The third-order valence-corrected chi connectivity index (χ3v) is 2.84. The molecule has 11 heavy (non-hydrogen) atoms. The molecule has 1 aliphatic rings. The molecule has 0 radical (unpaired) electrons. The summed E-state index contributed by atoms with van der Waals surface area (Å²) in [5.74, 6) is 1.55. The zero-order valence-corrected chi connectivity index (χ0v) is 7.71. The highest BCUT2D eigenvalue weighted by molar-refractivity contribution is 4.75. The number of nitrogens with two attached hydrogens (primary N) is 1. The summed E-state index contributed by atoms with van der Waals surface area (Å²) in [6.45, 7) is 5.63. The zero-order chi connectivity index (χ0) is 8.27. The molecule has 0 amide bonds. The van der Waals surface area contributed by atoms with Crippen LogP contribution < -0.4 is 5.73 Å². The van der Waals surface area contributed by atoms with Crippen LogP contribution in [0.15, 0.2) is 0 Å². The standard InChI is InChI=1S/C9H20N2/c1-8(6-10)9-4-3-5-11(2)7-9/h8-9H,3-7,10H2,1-2H3. The Morgan fingerprint density at radius 1 is 1.64 bits per heavy atom. The van der Waals surface area contributed by atoms with Crippen molar-refractivity contribution in [3.05, 3.63) is 0 Å². The molecule has 1 saturated heterocycles. The van der Waals surface area contributed by atoms with Gasteiger partial charge in [-0.25, -0.2) is 0 Å². The summed E-state index contributed by atoms with van der Waals surface area (Å²) in [7, 11) is 2.20. The van der Waals surface area contributed by atoms with Gasteiger partial charge in [-0.2, -0.15) is 0 Å². The molecule has 0 aliphatic carbocycles. The summed E-state index contributed by atoms with van der Waals surface area (Å²) in [6, 6.07) is 0. The van der Waals surface area contributed by atoms with Crippen LogP contribution in [0.25, 0.3) is 0 Å². The Bertz CT molecular complexity index is 114. The van der Waals surface area contributed by atoms with Crippen LogP contribution in [0.2, 0.25) is 0 Å². The molecule has 0 aromatic heterocycles. The summed E-state index contributed by atoms with van der Waals surface area (Å²) in [4.78, 5) is 2.42. The largest absolute Gasteiger partial charge is 0.330 e. The van der Waals surface area contributed by atoms with Crippen molar-refractivity contribution >= 4 is 0 Å². The lowest BCUT2D eigenvalue weighted by Crippen LogP contribution is -2.37. The molecule has 66 valence electrons. The van der Waals surface area contributed by atoms with E-state index in [1.165, 1.54) is 25.9 Å². The number of nitrogens with zero attached hydrogens (tertiary/aromatic N) is 1. The Morgan fingerprint density at radius 3 is 2.91 bits per heavy atom. The number of piperidine rings is 1. The van der Waals surface area contributed by atoms with E-state index in [-0.39, 0.29) is 0 Å². The zero-order valence-electron chi connectivity index (χ0n) is 7.71. The molecule has 2 N–H and O–H groups in total. The molecule has 1 fully saturated rings. The quantitative estimate of drug-likeness (QED) is 0.644. The van der Waals surface area contributed by atoms with Crippen LogP contribution in [0, 0.1) is 11.8 Å². The highest BCUT2D eigenvalue weighted by Crippen LogP contribution is 2.21. The van der Waals surface area contributed by atoms with Crippen LogP contribution in [0.1, 0.15) is 19.8 Å². The minimum atomic E-state index is 0.706. The Kier molecular flexibility index (Phi) is 3.34. The van der Waals surface area contributed by atoms with Crippen LogP contribution in [-0.4, -0.2) is 31.6 Å². The third-order valence-electron chi connectivity index (χ3n) is 2.84. The summed E-state index contributed by atoms with van der Waals surface area (Å²) < 4.78 is 0. The average Bonchev–Trinajstić information content (AvgIpc) is 2.03. The van der Waals surface area contributed by atoms with Gasteiger partial charge in [0.15, 0.2) is 0 Å². The first-order chi connectivity index (χ1) is 5.24. The number of rotatable bonds is 2. The highest BCUT2D eigenvalue weighted by atomic mass is 15.1. The first-order valence-corrected chi connectivity index (χ1v) is 4.62. The van der Waals surface area contributed by atoms with Crippen LogP contribution in [-0.2, 0) is 0 Å². The Hall–Kier alpha value is -0.0800. The van der Waals surface area contributed by atoms with Gasteiger partial charge < -0.3 is 10.6 Å². The molecule has 0 saturated carbocycles. The summed E-state index contributed by atoms with van der Waals surface area (Å²) >= 11 is 0. The smallest absolute Gasteiger partial charge is 0.000964 e. The maximum atomic E-state index is 5.63. The maximum absolute atomic E-state index is 5.63. The van der Waals surface area contributed by atoms with E-state index in [1.54, 1.807) is 0 Å². The van der Waals surface area contributed by atoms with E-state index >= 15 is 0 Å². The maximum Gasteiger partial charge on any atom is 0.000964 e. The number of likely N-dealkylation sites (tertiary alicyclic amines) is 1. The van der Waals surface area contributed by atoms with Crippen LogP contribution in [0.4, 0.5) is 0 Å². The Balaban J connectivity index is 2.33. The van der Waals surface area contributed by atoms with E-state index in [0.29, 0.717) is 5.92 Å². The van der Waals surface area contributed by atoms with E-state index < -0.39 is 0 Å². The van der Waals surface area contributed by atoms with Crippen LogP contribution in [0.5, 0.6) is 0 Å². The lowest BCUT2D eigenvalue weighted by molar-refractivity contribution is 0.169. The van der Waals surface area contributed by atoms with Crippen molar-refractivity contribution in [1.82, 2.24) is 4.90 Å². The number of hydrogen-bond donors (Lipinski definition) is 1. The predicted octanol–water partition coefficient (Wildman–Crippen LogP) is 0.923. The molecule has 2 nitrogen and oxygen atoms in total. The minimum absolute atomic E-state index is 0.706. The Labute approximate surface area is 69.8 Å². The fourth-order valence-corrected chi connectivity index (χ4v) is 1.86. The molecular weight excluding hydrogens is 136 g/mol. The molecule has 1 aliphatic heterocycles. The van der Waals surface area contributed by atoms with Gasteiger partial charge in [0.1, 0.15) is 0 Å². The first kappa shape index (κ1) is 9.01. The van der Waals surface area contributed by atoms with Crippen molar-refractivity contribution in [3.8, 4) is 0 Å². The normalized spacial score (nSPS) is 30.3. The van der Waals surface area contributed by atoms with Gasteiger partial charge in [-0.3, -0.25) is 0 Å². The average molecular weight is 156 g/mol. The van der Waals surface area contributed by atoms with Gasteiger partial charge in [-0.15, -0.1) is 0 Å². The summed E-state index contributed by atoms with van der Waals surface area (Å²) in [6.07, 6.45) is 2.73. The molecule has 2 atom stereocenters. The van der Waals surface area contributed by atoms with E-state index in [9.17, 15) is 0 Å². The molecule has 0 bridgehead atoms. The molecule has 1 heterocycles. The monoisotopic (exact) mass is 156 g/mol. The van der Waals surface area contributed by atoms with Gasteiger partial charge in [-0.05, 0) is 44.8 Å². The highest BCUT2D eigenvalue weighted by Gasteiger charge is 2.21. The van der Waals surface area contributed by atoms with Gasteiger partial charge in [0.05, 0.1) is 0 Å². The van der Waals surface area contributed by atoms with E-state index in [1.807, 2.05) is 0 Å². The van der Waals surface area contributed by atoms with Crippen molar-refractivity contribution in [2.75, 3.05) is 26.7 Å². The molecule has 0 aromatic carbocycles. The second-order valence-electron chi connectivity index (χ2n) is 3.88. The van der Waals surface area contributed by atoms with Gasteiger partial charge in [-0.1, -0.05) is 6.92 Å². The SMILES string of the molecule is CC(CN)C1CCCN(C)C1. The molecule has 0 aromatic rings.